The van der Waals surface area contributed by atoms with Crippen LogP contribution in [0.25, 0.3) is 0 Å². The van der Waals surface area contributed by atoms with E-state index in [0.717, 1.165) is 6.07 Å². The van der Waals surface area contributed by atoms with Crippen molar-refractivity contribution in [1.29, 1.82) is 0 Å². The molecule has 0 aliphatic heterocycles. The summed E-state index contributed by atoms with van der Waals surface area (Å²) >= 11 is 0. The number of nitrogens with two attached hydrogens (primary N) is 1. The Bertz CT molecular complexity index is 680. The van der Waals surface area contributed by atoms with Crippen LogP contribution in [-0.4, -0.2) is 30.7 Å². The minimum absolute atomic E-state index is 0.109. The summed E-state index contributed by atoms with van der Waals surface area (Å²) in [5.41, 5.74) is 5.06. The molecule has 0 saturated carbocycles. The van der Waals surface area contributed by atoms with Crippen LogP contribution in [0, 0.1) is 10.1 Å². The van der Waals surface area contributed by atoms with Crippen LogP contribution in [0.3, 0.4) is 0 Å². The topological polar surface area (TPSA) is 142 Å². The molecule has 0 aromatic carbocycles. The van der Waals surface area contributed by atoms with E-state index in [2.05, 4.69) is 15.2 Å². The molecule has 0 aliphatic rings. The second kappa shape index (κ2) is 5.22. The summed E-state index contributed by atoms with van der Waals surface area (Å²) in [5, 5.41) is 26.2. The van der Waals surface area contributed by atoms with E-state index < -0.39 is 10.6 Å². The van der Waals surface area contributed by atoms with Gasteiger partial charge in [-0.1, -0.05) is 5.16 Å². The summed E-state index contributed by atoms with van der Waals surface area (Å²) in [6.45, 7) is 0. The lowest BCUT2D eigenvalue weighted by Crippen LogP contribution is -2.14. The number of nitrogens with zero attached hydrogens (tertiary/aromatic N) is 5. The third-order valence-corrected chi connectivity index (χ3v) is 2.33. The third kappa shape index (κ3) is 2.63. The van der Waals surface area contributed by atoms with E-state index in [-0.39, 0.29) is 17.3 Å². The monoisotopic (exact) mass is 278 g/mol. The maximum absolute atomic E-state index is 11.0. The maximum atomic E-state index is 11.0. The first-order valence-electron chi connectivity index (χ1n) is 5.30. The molecule has 10 nitrogen and oxygen atoms in total. The second-order valence-corrected chi connectivity index (χ2v) is 3.74. The van der Waals surface area contributed by atoms with Crippen LogP contribution in [0.4, 0.5) is 5.69 Å². The standard InChI is InChI=1S/C10H10N6O4/c1-15-5-7(4-13-15)20-10-8(16(18)19)2-6(3-12-10)9(11)14-17/h2-5,17H,1H3,(H2,11,14). The molecular weight excluding hydrogens is 268 g/mol. The van der Waals surface area contributed by atoms with Gasteiger partial charge in [-0.3, -0.25) is 14.8 Å². The predicted molar refractivity (Wildman–Crippen MR) is 66.7 cm³/mol. The van der Waals surface area contributed by atoms with Gasteiger partial charge in [0, 0.05) is 24.9 Å². The Balaban J connectivity index is 2.40. The van der Waals surface area contributed by atoms with Crippen molar-refractivity contribution in [3.63, 3.8) is 0 Å². The summed E-state index contributed by atoms with van der Waals surface area (Å²) in [7, 11) is 1.68. The molecule has 104 valence electrons. The lowest BCUT2D eigenvalue weighted by molar-refractivity contribution is -0.386. The van der Waals surface area contributed by atoms with Crippen molar-refractivity contribution in [2.45, 2.75) is 0 Å². The Hall–Kier alpha value is -3.17. The van der Waals surface area contributed by atoms with Crippen LogP contribution < -0.4 is 10.5 Å². The van der Waals surface area contributed by atoms with Crippen molar-refractivity contribution in [2.75, 3.05) is 0 Å². The summed E-state index contributed by atoms with van der Waals surface area (Å²) in [6, 6.07) is 1.10. The van der Waals surface area contributed by atoms with Crippen molar-refractivity contribution in [1.82, 2.24) is 14.8 Å². The molecule has 3 N–H and O–H groups in total. The Labute approximate surface area is 112 Å². The quantitative estimate of drug-likeness (QED) is 0.274. The van der Waals surface area contributed by atoms with Gasteiger partial charge < -0.3 is 15.7 Å². The third-order valence-electron chi connectivity index (χ3n) is 2.33. The van der Waals surface area contributed by atoms with E-state index in [1.54, 1.807) is 7.05 Å². The number of aryl methyl sites for hydroxylation is 1. The summed E-state index contributed by atoms with van der Waals surface area (Å²) in [5.74, 6) is -0.189. The highest BCUT2D eigenvalue weighted by Gasteiger charge is 2.20. The molecule has 0 atom stereocenters. The molecule has 20 heavy (non-hydrogen) atoms. The fraction of sp³-hybridized carbons (Fsp3) is 0.100. The molecule has 0 radical (unpaired) electrons. The maximum Gasteiger partial charge on any atom is 0.332 e. The number of ether oxygens (including phenoxy) is 1. The van der Waals surface area contributed by atoms with E-state index in [1.165, 1.54) is 23.3 Å². The first kappa shape index (κ1) is 13.3. The lowest BCUT2D eigenvalue weighted by Gasteiger charge is -2.04. The zero-order valence-electron chi connectivity index (χ0n) is 10.3. The molecule has 0 fully saturated rings. The molecule has 0 unspecified atom stereocenters. The molecule has 2 aromatic heterocycles. The van der Waals surface area contributed by atoms with Crippen molar-refractivity contribution in [3.05, 3.63) is 40.3 Å². The Morgan fingerprint density at radius 1 is 1.60 bits per heavy atom. The fourth-order valence-electron chi connectivity index (χ4n) is 1.41. The SMILES string of the molecule is Cn1cc(Oc2ncc(/C(N)=N/O)cc2[N+](=O)[O-])cn1. The second-order valence-electron chi connectivity index (χ2n) is 3.74. The van der Waals surface area contributed by atoms with Crippen molar-refractivity contribution in [3.8, 4) is 11.6 Å². The van der Waals surface area contributed by atoms with Crippen LogP contribution in [0.15, 0.2) is 29.8 Å². The summed E-state index contributed by atoms with van der Waals surface area (Å²) in [4.78, 5) is 14.1. The molecule has 0 aliphatic carbocycles. The first-order valence-corrected chi connectivity index (χ1v) is 5.30. The van der Waals surface area contributed by atoms with Gasteiger partial charge in [-0.15, -0.1) is 0 Å². The highest BCUT2D eigenvalue weighted by Crippen LogP contribution is 2.29. The van der Waals surface area contributed by atoms with Crippen LogP contribution in [-0.2, 0) is 7.05 Å². The van der Waals surface area contributed by atoms with Crippen molar-refractivity contribution in [2.24, 2.45) is 17.9 Å². The van der Waals surface area contributed by atoms with Crippen LogP contribution >= 0.6 is 0 Å². The molecule has 2 aromatic rings. The highest BCUT2D eigenvalue weighted by atomic mass is 16.6. The molecular formula is C10H10N6O4. The van der Waals surface area contributed by atoms with Gasteiger partial charge in [-0.25, -0.2) is 4.98 Å². The van der Waals surface area contributed by atoms with Crippen LogP contribution in [0.1, 0.15) is 5.56 Å². The van der Waals surface area contributed by atoms with E-state index in [4.69, 9.17) is 15.7 Å². The molecule has 0 saturated heterocycles. The smallest absolute Gasteiger partial charge is 0.332 e. The van der Waals surface area contributed by atoms with Crippen LogP contribution in [0.5, 0.6) is 11.6 Å². The van der Waals surface area contributed by atoms with Gasteiger partial charge in [0.2, 0.25) is 0 Å². The van der Waals surface area contributed by atoms with Gasteiger partial charge in [0.15, 0.2) is 11.6 Å². The van der Waals surface area contributed by atoms with E-state index in [9.17, 15) is 10.1 Å². The Morgan fingerprint density at radius 2 is 2.35 bits per heavy atom. The summed E-state index contributed by atoms with van der Waals surface area (Å²) < 4.78 is 6.76. The number of pyridine rings is 1. The molecule has 0 spiro atoms. The van der Waals surface area contributed by atoms with Gasteiger partial charge in [0.1, 0.15) is 0 Å². The Kier molecular flexibility index (Phi) is 3.46. The number of rotatable bonds is 4. The fourth-order valence-corrected chi connectivity index (χ4v) is 1.41. The number of aromatic nitrogens is 3. The average molecular weight is 278 g/mol. The number of oxime groups is 1. The lowest BCUT2D eigenvalue weighted by atomic mass is 10.2. The van der Waals surface area contributed by atoms with Gasteiger partial charge in [0.05, 0.1) is 17.3 Å². The average Bonchev–Trinajstić information content (AvgIpc) is 2.83. The highest BCUT2D eigenvalue weighted by molar-refractivity contribution is 5.97. The number of hydrogen-bond donors (Lipinski definition) is 2. The van der Waals surface area contributed by atoms with Gasteiger partial charge in [-0.05, 0) is 0 Å². The largest absolute Gasteiger partial charge is 0.430 e. The molecule has 0 amide bonds. The normalized spacial score (nSPS) is 11.3. The zero-order chi connectivity index (χ0) is 14.7. The van der Waals surface area contributed by atoms with E-state index in [1.807, 2.05) is 0 Å². The predicted octanol–water partition coefficient (Wildman–Crippen LogP) is 0.610. The molecule has 2 heterocycles. The van der Waals surface area contributed by atoms with E-state index in [0.29, 0.717) is 5.75 Å². The molecule has 10 heteroatoms. The number of nitro groups is 1. The van der Waals surface area contributed by atoms with Crippen molar-refractivity contribution >= 4 is 11.5 Å². The van der Waals surface area contributed by atoms with Crippen molar-refractivity contribution < 1.29 is 14.9 Å². The van der Waals surface area contributed by atoms with Gasteiger partial charge >= 0.3 is 5.69 Å². The Morgan fingerprint density at radius 3 is 2.90 bits per heavy atom. The van der Waals surface area contributed by atoms with Gasteiger partial charge in [-0.2, -0.15) is 5.10 Å². The molecule has 0 bridgehead atoms. The molecule has 2 rings (SSSR count). The first-order chi connectivity index (χ1) is 9.51. The van der Waals surface area contributed by atoms with Gasteiger partial charge in [0.25, 0.3) is 5.88 Å². The minimum atomic E-state index is -0.674. The van der Waals surface area contributed by atoms with E-state index >= 15 is 0 Å². The number of amidine groups is 1. The summed E-state index contributed by atoms with van der Waals surface area (Å²) in [6.07, 6.45) is 4.12. The zero-order valence-corrected chi connectivity index (χ0v) is 10.3. The number of hydrogen-bond acceptors (Lipinski definition) is 7. The minimum Gasteiger partial charge on any atom is -0.430 e. The van der Waals surface area contributed by atoms with Crippen LogP contribution in [0.2, 0.25) is 0 Å².